The van der Waals surface area contributed by atoms with Crippen molar-refractivity contribution < 1.29 is 14.4 Å². The van der Waals surface area contributed by atoms with Crippen LogP contribution >= 0.6 is 0 Å². The van der Waals surface area contributed by atoms with Gasteiger partial charge in [-0.1, -0.05) is 11.2 Å². The van der Waals surface area contributed by atoms with E-state index in [1.165, 1.54) is 11.1 Å². The minimum absolute atomic E-state index is 0.00161. The standard InChI is InChI=1S/C23H27N3O3/c1-14(2)28-20-7-6-17(10-15(20)3)21-25-22(29-26-21)18-4-5-19-12-23(24,13-27)9-8-16(19)11-18/h4-7,10-11,14,27H,8-9,12-13,24H2,1-3H3. The second kappa shape index (κ2) is 7.61. The minimum atomic E-state index is -0.518. The first-order valence-corrected chi connectivity index (χ1v) is 10.0. The average molecular weight is 393 g/mol. The van der Waals surface area contributed by atoms with Gasteiger partial charge in [-0.15, -0.1) is 0 Å². The Morgan fingerprint density at radius 3 is 2.69 bits per heavy atom. The van der Waals surface area contributed by atoms with Gasteiger partial charge in [-0.3, -0.25) is 0 Å². The molecule has 1 aliphatic carbocycles. The number of nitrogens with two attached hydrogens (primary N) is 1. The zero-order valence-corrected chi connectivity index (χ0v) is 17.1. The molecule has 1 heterocycles. The Kier molecular flexibility index (Phi) is 5.15. The molecule has 4 rings (SSSR count). The topological polar surface area (TPSA) is 94.4 Å². The lowest BCUT2D eigenvalue weighted by molar-refractivity contribution is 0.181. The van der Waals surface area contributed by atoms with Crippen molar-refractivity contribution >= 4 is 0 Å². The first kappa shape index (κ1) is 19.6. The molecule has 0 saturated carbocycles. The highest BCUT2D eigenvalue weighted by Gasteiger charge is 2.30. The molecule has 1 unspecified atom stereocenters. The predicted octanol–water partition coefficient (Wildman–Crippen LogP) is 3.68. The molecule has 1 aromatic heterocycles. The lowest BCUT2D eigenvalue weighted by atomic mass is 9.78. The highest BCUT2D eigenvalue weighted by Crippen LogP contribution is 2.31. The Morgan fingerprint density at radius 2 is 1.97 bits per heavy atom. The van der Waals surface area contributed by atoms with E-state index in [1.54, 1.807) is 0 Å². The molecule has 0 spiro atoms. The van der Waals surface area contributed by atoms with E-state index in [1.807, 2.05) is 51.1 Å². The van der Waals surface area contributed by atoms with Gasteiger partial charge < -0.3 is 20.1 Å². The van der Waals surface area contributed by atoms with Crippen LogP contribution in [0.3, 0.4) is 0 Å². The molecule has 6 heteroatoms. The Labute approximate surface area is 170 Å². The molecule has 0 amide bonds. The summed E-state index contributed by atoms with van der Waals surface area (Å²) in [5.74, 6) is 1.91. The summed E-state index contributed by atoms with van der Waals surface area (Å²) in [5, 5.41) is 13.7. The third kappa shape index (κ3) is 4.04. The first-order valence-electron chi connectivity index (χ1n) is 10.0. The maximum absolute atomic E-state index is 9.53. The SMILES string of the molecule is Cc1cc(-c2noc(-c3ccc4c(c3)CCC(N)(CO)C4)n2)ccc1OC(C)C. The normalized spacial score (nSPS) is 18.7. The number of rotatable bonds is 5. The summed E-state index contributed by atoms with van der Waals surface area (Å²) >= 11 is 0. The van der Waals surface area contributed by atoms with Crippen molar-refractivity contribution in [2.45, 2.75) is 51.7 Å². The van der Waals surface area contributed by atoms with Crippen LogP contribution in [-0.4, -0.2) is 33.5 Å². The van der Waals surface area contributed by atoms with Crippen LogP contribution in [0.15, 0.2) is 40.9 Å². The third-order valence-corrected chi connectivity index (χ3v) is 5.42. The number of benzene rings is 2. The molecule has 1 atom stereocenters. The maximum Gasteiger partial charge on any atom is 0.258 e. The lowest BCUT2D eigenvalue weighted by Gasteiger charge is -2.33. The number of nitrogens with zero attached hydrogens (tertiary/aromatic N) is 2. The quantitative estimate of drug-likeness (QED) is 0.687. The van der Waals surface area contributed by atoms with Crippen LogP contribution < -0.4 is 10.5 Å². The number of hydrogen-bond donors (Lipinski definition) is 2. The van der Waals surface area contributed by atoms with Gasteiger partial charge in [-0.25, -0.2) is 0 Å². The molecular formula is C23H27N3O3. The number of aliphatic hydroxyl groups excluding tert-OH is 1. The second-order valence-electron chi connectivity index (χ2n) is 8.25. The highest BCUT2D eigenvalue weighted by molar-refractivity contribution is 5.62. The lowest BCUT2D eigenvalue weighted by Crippen LogP contribution is -2.48. The molecule has 152 valence electrons. The molecule has 0 bridgehead atoms. The van der Waals surface area contributed by atoms with Crippen LogP contribution in [0.5, 0.6) is 5.75 Å². The molecule has 0 aliphatic heterocycles. The molecule has 0 saturated heterocycles. The first-order chi connectivity index (χ1) is 13.9. The number of aromatic nitrogens is 2. The molecule has 3 aromatic rings. The van der Waals surface area contributed by atoms with Crippen molar-refractivity contribution in [1.29, 1.82) is 0 Å². The summed E-state index contributed by atoms with van der Waals surface area (Å²) < 4.78 is 11.3. The zero-order chi connectivity index (χ0) is 20.6. The van der Waals surface area contributed by atoms with Gasteiger partial charge in [0.1, 0.15) is 5.75 Å². The number of hydrogen-bond acceptors (Lipinski definition) is 6. The molecule has 3 N–H and O–H groups in total. The Bertz CT molecular complexity index is 1030. The van der Waals surface area contributed by atoms with Crippen molar-refractivity contribution in [3.05, 3.63) is 53.1 Å². The molecular weight excluding hydrogens is 366 g/mol. The molecule has 2 aromatic carbocycles. The fourth-order valence-electron chi connectivity index (χ4n) is 3.78. The van der Waals surface area contributed by atoms with E-state index in [9.17, 15) is 5.11 Å². The molecule has 29 heavy (non-hydrogen) atoms. The second-order valence-corrected chi connectivity index (χ2v) is 8.25. The van der Waals surface area contributed by atoms with Crippen molar-refractivity contribution in [2.24, 2.45) is 5.73 Å². The van der Waals surface area contributed by atoms with Gasteiger partial charge in [0, 0.05) is 16.7 Å². The van der Waals surface area contributed by atoms with Crippen LogP contribution in [0.4, 0.5) is 0 Å². The summed E-state index contributed by atoms with van der Waals surface area (Å²) in [7, 11) is 0. The third-order valence-electron chi connectivity index (χ3n) is 5.42. The fraction of sp³-hybridized carbons (Fsp3) is 0.391. The highest BCUT2D eigenvalue weighted by atomic mass is 16.5. The number of ether oxygens (including phenoxy) is 1. The van der Waals surface area contributed by atoms with E-state index >= 15 is 0 Å². The summed E-state index contributed by atoms with van der Waals surface area (Å²) in [6, 6.07) is 12.0. The van der Waals surface area contributed by atoms with Crippen molar-refractivity contribution in [1.82, 2.24) is 10.1 Å². The van der Waals surface area contributed by atoms with E-state index in [0.717, 1.165) is 35.3 Å². The number of fused-ring (bicyclic) bond motifs is 1. The zero-order valence-electron chi connectivity index (χ0n) is 17.1. The van der Waals surface area contributed by atoms with E-state index in [-0.39, 0.29) is 12.7 Å². The molecule has 0 fully saturated rings. The predicted molar refractivity (Wildman–Crippen MR) is 112 cm³/mol. The Hall–Kier alpha value is -2.70. The largest absolute Gasteiger partial charge is 0.491 e. The van der Waals surface area contributed by atoms with Gasteiger partial charge in [0.2, 0.25) is 5.82 Å². The van der Waals surface area contributed by atoms with Crippen molar-refractivity contribution in [3.63, 3.8) is 0 Å². The minimum Gasteiger partial charge on any atom is -0.491 e. The Morgan fingerprint density at radius 1 is 1.17 bits per heavy atom. The Balaban J connectivity index is 1.58. The monoisotopic (exact) mass is 393 g/mol. The van der Waals surface area contributed by atoms with Crippen LogP contribution in [-0.2, 0) is 12.8 Å². The van der Waals surface area contributed by atoms with Crippen molar-refractivity contribution in [2.75, 3.05) is 6.61 Å². The van der Waals surface area contributed by atoms with Crippen molar-refractivity contribution in [3.8, 4) is 28.6 Å². The summed E-state index contributed by atoms with van der Waals surface area (Å²) in [6.45, 7) is 6.03. The number of aliphatic hydroxyl groups is 1. The molecule has 0 radical (unpaired) electrons. The fourth-order valence-corrected chi connectivity index (χ4v) is 3.78. The van der Waals surface area contributed by atoms with Gasteiger partial charge in [0.15, 0.2) is 0 Å². The van der Waals surface area contributed by atoms with Crippen LogP contribution in [0.25, 0.3) is 22.8 Å². The van der Waals surface area contributed by atoms with Gasteiger partial charge in [0.25, 0.3) is 5.89 Å². The van der Waals surface area contributed by atoms with Gasteiger partial charge in [-0.2, -0.15) is 4.98 Å². The maximum atomic E-state index is 9.53. The van der Waals surface area contributed by atoms with E-state index in [4.69, 9.17) is 15.0 Å². The smallest absolute Gasteiger partial charge is 0.258 e. The van der Waals surface area contributed by atoms with Gasteiger partial charge in [-0.05, 0) is 87.1 Å². The van der Waals surface area contributed by atoms with Crippen LogP contribution in [0.1, 0.15) is 37.0 Å². The summed E-state index contributed by atoms with van der Waals surface area (Å²) in [6.07, 6.45) is 2.40. The van der Waals surface area contributed by atoms with E-state index in [0.29, 0.717) is 18.1 Å². The average Bonchev–Trinajstić information content (AvgIpc) is 3.19. The van der Waals surface area contributed by atoms with E-state index in [2.05, 4.69) is 16.2 Å². The summed E-state index contributed by atoms with van der Waals surface area (Å²) in [4.78, 5) is 4.59. The van der Waals surface area contributed by atoms with E-state index < -0.39 is 5.54 Å². The summed E-state index contributed by atoms with van der Waals surface area (Å²) in [5.41, 5.74) is 10.9. The van der Waals surface area contributed by atoms with Crippen LogP contribution in [0.2, 0.25) is 0 Å². The number of aryl methyl sites for hydroxylation is 2. The van der Waals surface area contributed by atoms with Gasteiger partial charge in [0.05, 0.1) is 12.7 Å². The molecule has 6 nitrogen and oxygen atoms in total. The van der Waals surface area contributed by atoms with Gasteiger partial charge >= 0.3 is 0 Å². The molecule has 1 aliphatic rings. The van der Waals surface area contributed by atoms with Crippen LogP contribution in [0, 0.1) is 6.92 Å².